The molecule has 19 heavy (non-hydrogen) atoms. The number of aromatic amines is 1. The number of nitrogens with one attached hydrogen (secondary N) is 2. The van der Waals surface area contributed by atoms with Gasteiger partial charge in [0, 0.05) is 5.56 Å². The minimum absolute atomic E-state index is 0.525. The minimum Gasteiger partial charge on any atom is -0.338 e. The second kappa shape index (κ2) is 4.83. The summed E-state index contributed by atoms with van der Waals surface area (Å²) < 4.78 is 22.2. The average molecular weight is 273 g/mol. The van der Waals surface area contributed by atoms with E-state index in [1.54, 1.807) is 12.1 Å². The number of anilines is 1. The SMILES string of the molecule is O=S(O)Nc1cccc2[nH]c(-c3ccccc3)nc12. The van der Waals surface area contributed by atoms with Crippen LogP contribution in [0.4, 0.5) is 5.69 Å². The fraction of sp³-hybridized carbons (Fsp3) is 0. The summed E-state index contributed by atoms with van der Waals surface area (Å²) in [7, 11) is 0. The highest BCUT2D eigenvalue weighted by Crippen LogP contribution is 2.25. The molecular weight excluding hydrogens is 262 g/mol. The normalized spacial score (nSPS) is 12.5. The Balaban J connectivity index is 2.13. The number of H-pyrrole nitrogens is 1. The van der Waals surface area contributed by atoms with Gasteiger partial charge in [-0.3, -0.25) is 9.27 Å². The van der Waals surface area contributed by atoms with Gasteiger partial charge in [-0.15, -0.1) is 0 Å². The topological polar surface area (TPSA) is 78.0 Å². The zero-order chi connectivity index (χ0) is 13.2. The average Bonchev–Trinajstić information content (AvgIpc) is 2.84. The molecule has 3 rings (SSSR count). The van der Waals surface area contributed by atoms with Crippen LogP contribution in [0.1, 0.15) is 0 Å². The molecule has 1 heterocycles. The maximum Gasteiger partial charge on any atom is 0.259 e. The highest BCUT2D eigenvalue weighted by Gasteiger charge is 2.09. The summed E-state index contributed by atoms with van der Waals surface area (Å²) in [5, 5.41) is 0. The molecule has 3 N–H and O–H groups in total. The van der Waals surface area contributed by atoms with Gasteiger partial charge in [-0.1, -0.05) is 36.4 Å². The quantitative estimate of drug-likeness (QED) is 0.642. The van der Waals surface area contributed by atoms with E-state index in [1.165, 1.54) is 0 Å². The Hall–Kier alpha value is -2.18. The van der Waals surface area contributed by atoms with Crippen molar-refractivity contribution >= 4 is 28.0 Å². The molecule has 0 aliphatic rings. The predicted molar refractivity (Wildman–Crippen MR) is 75.9 cm³/mol. The fourth-order valence-electron chi connectivity index (χ4n) is 1.94. The Morgan fingerprint density at radius 1 is 1.11 bits per heavy atom. The van der Waals surface area contributed by atoms with Crippen molar-refractivity contribution in [1.82, 2.24) is 9.97 Å². The number of para-hydroxylation sites is 1. The largest absolute Gasteiger partial charge is 0.338 e. The zero-order valence-corrected chi connectivity index (χ0v) is 10.6. The molecule has 0 aliphatic heterocycles. The van der Waals surface area contributed by atoms with Gasteiger partial charge < -0.3 is 4.98 Å². The van der Waals surface area contributed by atoms with Gasteiger partial charge in [0.05, 0.1) is 11.2 Å². The molecule has 96 valence electrons. The summed E-state index contributed by atoms with van der Waals surface area (Å²) in [5.41, 5.74) is 2.95. The zero-order valence-electron chi connectivity index (χ0n) is 9.83. The monoisotopic (exact) mass is 273 g/mol. The van der Waals surface area contributed by atoms with E-state index in [1.807, 2.05) is 36.4 Å². The van der Waals surface area contributed by atoms with Crippen LogP contribution < -0.4 is 4.72 Å². The van der Waals surface area contributed by atoms with E-state index in [4.69, 9.17) is 4.55 Å². The van der Waals surface area contributed by atoms with E-state index in [9.17, 15) is 4.21 Å². The van der Waals surface area contributed by atoms with Crippen LogP contribution in [0.15, 0.2) is 48.5 Å². The van der Waals surface area contributed by atoms with E-state index in [-0.39, 0.29) is 0 Å². The lowest BCUT2D eigenvalue weighted by molar-refractivity contribution is 0.570. The smallest absolute Gasteiger partial charge is 0.259 e. The number of rotatable bonds is 3. The number of nitrogens with zero attached hydrogens (tertiary/aromatic N) is 1. The summed E-state index contributed by atoms with van der Waals surface area (Å²) in [5.74, 6) is 0.730. The highest BCUT2D eigenvalue weighted by molar-refractivity contribution is 7.80. The number of imidazole rings is 1. The molecule has 0 saturated carbocycles. The number of hydrogen-bond acceptors (Lipinski definition) is 2. The Labute approximate surface area is 112 Å². The maximum absolute atomic E-state index is 10.9. The van der Waals surface area contributed by atoms with Crippen molar-refractivity contribution in [3.8, 4) is 11.4 Å². The third-order valence-corrected chi connectivity index (χ3v) is 3.15. The molecule has 5 nitrogen and oxygen atoms in total. The van der Waals surface area contributed by atoms with E-state index in [0.29, 0.717) is 11.2 Å². The third-order valence-electron chi connectivity index (χ3n) is 2.76. The predicted octanol–water partition coefficient (Wildman–Crippen LogP) is 2.78. The van der Waals surface area contributed by atoms with Crippen LogP contribution in [0.5, 0.6) is 0 Å². The van der Waals surface area contributed by atoms with Crippen molar-refractivity contribution in [2.75, 3.05) is 4.72 Å². The van der Waals surface area contributed by atoms with Crippen LogP contribution in [0.3, 0.4) is 0 Å². The Bertz CT molecular complexity index is 740. The summed E-state index contributed by atoms with van der Waals surface area (Å²) in [4.78, 5) is 7.67. The highest BCUT2D eigenvalue weighted by atomic mass is 32.2. The van der Waals surface area contributed by atoms with Gasteiger partial charge in [0.1, 0.15) is 11.3 Å². The first-order valence-corrected chi connectivity index (χ1v) is 6.76. The number of aromatic nitrogens is 2. The summed E-state index contributed by atoms with van der Waals surface area (Å²) in [6.45, 7) is 0. The lowest BCUT2D eigenvalue weighted by Crippen LogP contribution is -2.02. The number of hydrogen-bond donors (Lipinski definition) is 3. The molecule has 0 aliphatic carbocycles. The molecule has 0 fully saturated rings. The van der Waals surface area contributed by atoms with Crippen LogP contribution in [-0.4, -0.2) is 18.7 Å². The lowest BCUT2D eigenvalue weighted by atomic mass is 10.2. The Morgan fingerprint density at radius 2 is 1.89 bits per heavy atom. The summed E-state index contributed by atoms with van der Waals surface area (Å²) in [6.07, 6.45) is 0. The Kier molecular flexibility index (Phi) is 3.02. The second-order valence-electron chi connectivity index (χ2n) is 4.00. The van der Waals surface area contributed by atoms with Crippen molar-refractivity contribution < 1.29 is 8.76 Å². The minimum atomic E-state index is -2.11. The molecule has 0 radical (unpaired) electrons. The molecule has 0 spiro atoms. The summed E-state index contributed by atoms with van der Waals surface area (Å²) >= 11 is -2.11. The van der Waals surface area contributed by atoms with Crippen molar-refractivity contribution in [3.05, 3.63) is 48.5 Å². The van der Waals surface area contributed by atoms with Crippen molar-refractivity contribution in [1.29, 1.82) is 0 Å². The first-order valence-electron chi connectivity index (χ1n) is 5.66. The van der Waals surface area contributed by atoms with E-state index in [2.05, 4.69) is 14.7 Å². The fourth-order valence-corrected chi connectivity index (χ4v) is 2.29. The third kappa shape index (κ3) is 2.35. The van der Waals surface area contributed by atoms with Gasteiger partial charge in [-0.2, -0.15) is 0 Å². The second-order valence-corrected chi connectivity index (χ2v) is 4.71. The van der Waals surface area contributed by atoms with Crippen molar-refractivity contribution in [3.63, 3.8) is 0 Å². The van der Waals surface area contributed by atoms with E-state index in [0.717, 1.165) is 16.9 Å². The van der Waals surface area contributed by atoms with E-state index >= 15 is 0 Å². The molecule has 2 aromatic carbocycles. The van der Waals surface area contributed by atoms with Crippen LogP contribution in [0.25, 0.3) is 22.4 Å². The number of benzene rings is 2. The van der Waals surface area contributed by atoms with Crippen molar-refractivity contribution in [2.24, 2.45) is 0 Å². The van der Waals surface area contributed by atoms with Crippen molar-refractivity contribution in [2.45, 2.75) is 0 Å². The van der Waals surface area contributed by atoms with Gasteiger partial charge in [0.2, 0.25) is 0 Å². The van der Waals surface area contributed by atoms with Gasteiger partial charge in [-0.25, -0.2) is 9.19 Å². The van der Waals surface area contributed by atoms with Crippen LogP contribution in [0.2, 0.25) is 0 Å². The first-order chi connectivity index (χ1) is 9.24. The molecule has 1 unspecified atom stereocenters. The summed E-state index contributed by atoms with van der Waals surface area (Å²) in [6, 6.07) is 15.1. The van der Waals surface area contributed by atoms with Gasteiger partial charge >= 0.3 is 0 Å². The lowest BCUT2D eigenvalue weighted by Gasteiger charge is -2.00. The van der Waals surface area contributed by atoms with Crippen LogP contribution in [0, 0.1) is 0 Å². The molecule has 3 aromatic rings. The molecule has 1 aromatic heterocycles. The van der Waals surface area contributed by atoms with Gasteiger partial charge in [0.25, 0.3) is 11.3 Å². The molecule has 0 bridgehead atoms. The number of fused-ring (bicyclic) bond motifs is 1. The van der Waals surface area contributed by atoms with Gasteiger partial charge in [-0.05, 0) is 12.1 Å². The van der Waals surface area contributed by atoms with Gasteiger partial charge in [0.15, 0.2) is 0 Å². The maximum atomic E-state index is 10.9. The molecule has 0 saturated heterocycles. The van der Waals surface area contributed by atoms with E-state index < -0.39 is 11.3 Å². The molecule has 1 atom stereocenters. The Morgan fingerprint density at radius 3 is 2.63 bits per heavy atom. The first kappa shape index (κ1) is 11.9. The molecular formula is C13H11N3O2S. The van der Waals surface area contributed by atoms with Crippen LogP contribution >= 0.6 is 0 Å². The standard InChI is InChI=1S/C13H11N3O2S/c17-19(18)16-11-8-4-7-10-12(11)15-13(14-10)9-5-2-1-3-6-9/h1-8,16H,(H,14,15)(H,17,18). The molecule has 0 amide bonds. The molecule has 6 heteroatoms. The van der Waals surface area contributed by atoms with Crippen LogP contribution in [-0.2, 0) is 11.3 Å².